The van der Waals surface area contributed by atoms with Gasteiger partial charge in [0.1, 0.15) is 22.8 Å². The molecule has 2 aromatic carbocycles. The van der Waals surface area contributed by atoms with Gasteiger partial charge in [0, 0.05) is 39.8 Å². The van der Waals surface area contributed by atoms with Crippen LogP contribution in [-0.4, -0.2) is 32.8 Å². The van der Waals surface area contributed by atoms with Gasteiger partial charge in [-0.15, -0.1) is 0 Å². The topological polar surface area (TPSA) is 69.9 Å². The Kier molecular flexibility index (Phi) is 7.92. The van der Waals surface area contributed by atoms with Gasteiger partial charge in [0.25, 0.3) is 0 Å². The average molecular weight is 492 g/mol. The zero-order valence-electron chi connectivity index (χ0n) is 22.2. The van der Waals surface area contributed by atoms with Crippen molar-refractivity contribution in [1.29, 1.82) is 0 Å². The van der Waals surface area contributed by atoms with Crippen molar-refractivity contribution in [3.05, 3.63) is 47.7 Å². The van der Waals surface area contributed by atoms with Gasteiger partial charge in [-0.25, -0.2) is 0 Å². The predicted molar refractivity (Wildman–Crippen MR) is 144 cm³/mol. The van der Waals surface area contributed by atoms with Crippen LogP contribution >= 0.6 is 0 Å². The lowest BCUT2D eigenvalue weighted by atomic mass is 9.86. The normalized spacial score (nSPS) is 18.2. The van der Waals surface area contributed by atoms with Crippen LogP contribution in [-0.2, 0) is 4.79 Å². The van der Waals surface area contributed by atoms with E-state index in [1.165, 1.54) is 12.8 Å². The summed E-state index contributed by atoms with van der Waals surface area (Å²) in [5, 5.41) is 4.15. The number of methoxy groups -OCH3 is 2. The van der Waals surface area contributed by atoms with Crippen molar-refractivity contribution in [2.45, 2.75) is 59.4 Å². The number of aryl methyl sites for hydroxylation is 1. The fraction of sp³-hybridized carbons (Fsp3) is 0.433. The molecule has 192 valence electrons. The van der Waals surface area contributed by atoms with Gasteiger partial charge < -0.3 is 23.9 Å². The van der Waals surface area contributed by atoms with Gasteiger partial charge in [-0.1, -0.05) is 19.8 Å². The second-order valence-electron chi connectivity index (χ2n) is 9.61. The van der Waals surface area contributed by atoms with Crippen LogP contribution in [0.1, 0.15) is 57.6 Å². The van der Waals surface area contributed by atoms with Crippen LogP contribution in [0.15, 0.2) is 41.0 Å². The third kappa shape index (κ3) is 5.08. The molecule has 2 unspecified atom stereocenters. The summed E-state index contributed by atoms with van der Waals surface area (Å²) in [6.45, 7) is 8.63. The third-order valence-corrected chi connectivity index (χ3v) is 7.24. The van der Waals surface area contributed by atoms with Gasteiger partial charge >= 0.3 is 0 Å². The number of carbonyl (C=O) groups excluding carboxylic acids is 1. The van der Waals surface area contributed by atoms with Crippen molar-refractivity contribution in [1.82, 2.24) is 5.32 Å². The fourth-order valence-corrected chi connectivity index (χ4v) is 5.20. The second-order valence-corrected chi connectivity index (χ2v) is 9.61. The first kappa shape index (κ1) is 25.7. The molecular formula is C30H37NO5. The van der Waals surface area contributed by atoms with Crippen molar-refractivity contribution in [3.8, 4) is 28.4 Å². The maximum atomic E-state index is 13.0. The molecule has 1 aliphatic carbocycles. The lowest BCUT2D eigenvalue weighted by Gasteiger charge is -2.29. The lowest BCUT2D eigenvalue weighted by Crippen LogP contribution is -2.40. The molecule has 0 bridgehead atoms. The number of allylic oxidation sites excluding steroid dienone is 1. The van der Waals surface area contributed by atoms with Crippen molar-refractivity contribution < 1.29 is 23.4 Å². The largest absolute Gasteiger partial charge is 0.497 e. The molecule has 6 heteroatoms. The number of rotatable bonds is 8. The molecule has 0 aliphatic heterocycles. The van der Waals surface area contributed by atoms with Gasteiger partial charge in [-0.3, -0.25) is 4.79 Å². The predicted octanol–water partition coefficient (Wildman–Crippen LogP) is 6.92. The molecule has 3 aromatic rings. The number of benzene rings is 2. The number of amides is 1. The highest BCUT2D eigenvalue weighted by Gasteiger charge is 2.24. The van der Waals surface area contributed by atoms with Gasteiger partial charge in [0.05, 0.1) is 27.1 Å². The Balaban J connectivity index is 1.79. The quantitative estimate of drug-likeness (QED) is 0.346. The molecule has 4 rings (SSSR count). The van der Waals surface area contributed by atoms with E-state index in [0.29, 0.717) is 12.5 Å². The lowest BCUT2D eigenvalue weighted by molar-refractivity contribution is -0.117. The molecule has 1 amide bonds. The van der Waals surface area contributed by atoms with Crippen molar-refractivity contribution in [2.24, 2.45) is 5.92 Å². The van der Waals surface area contributed by atoms with Crippen LogP contribution in [0, 0.1) is 12.8 Å². The number of fused-ring (bicyclic) bond motifs is 1. The molecular weight excluding hydrogens is 454 g/mol. The number of hydrogen-bond acceptors (Lipinski definition) is 5. The first-order valence-corrected chi connectivity index (χ1v) is 12.8. The zero-order valence-corrected chi connectivity index (χ0v) is 22.2. The highest BCUT2D eigenvalue weighted by Crippen LogP contribution is 2.43. The van der Waals surface area contributed by atoms with Crippen molar-refractivity contribution in [3.63, 3.8) is 0 Å². The molecule has 0 radical (unpaired) electrons. The van der Waals surface area contributed by atoms with Crippen LogP contribution in [0.25, 0.3) is 27.7 Å². The van der Waals surface area contributed by atoms with Crippen LogP contribution in [0.3, 0.4) is 0 Å². The third-order valence-electron chi connectivity index (χ3n) is 7.24. The van der Waals surface area contributed by atoms with Gasteiger partial charge in [0.2, 0.25) is 5.91 Å². The Bertz CT molecular complexity index is 1270. The number of nitrogens with one attached hydrogen (secondary N) is 1. The Hall–Kier alpha value is -3.41. The van der Waals surface area contributed by atoms with Crippen LogP contribution in [0.4, 0.5) is 0 Å². The van der Waals surface area contributed by atoms with E-state index in [2.05, 4.69) is 12.2 Å². The SMILES string of the molecule is CCOc1c(/C(C)=C/C(=O)NC2CCCCC2C)cc2c(-c3cc(OC)ccc3OC)coc2c1C. The monoisotopic (exact) mass is 491 g/mol. The summed E-state index contributed by atoms with van der Waals surface area (Å²) in [5.74, 6) is 2.62. The zero-order chi connectivity index (χ0) is 25.8. The Morgan fingerprint density at radius 1 is 1.14 bits per heavy atom. The van der Waals surface area contributed by atoms with E-state index >= 15 is 0 Å². The molecule has 2 atom stereocenters. The number of carbonyl (C=O) groups is 1. The minimum absolute atomic E-state index is 0.0617. The standard InChI is InChI=1S/C30H37NO5/c1-7-35-29-20(4)30-24(25(17-36-30)23-15-21(33-5)12-13-27(23)34-6)16-22(29)19(3)14-28(32)31-26-11-9-8-10-18(26)2/h12-18,26H,7-11H2,1-6H3,(H,31,32)/b19-14+. The summed E-state index contributed by atoms with van der Waals surface area (Å²) in [5.41, 5.74) is 5.12. The van der Waals surface area contributed by atoms with E-state index in [4.69, 9.17) is 18.6 Å². The van der Waals surface area contributed by atoms with Crippen molar-refractivity contribution in [2.75, 3.05) is 20.8 Å². The molecule has 1 aromatic heterocycles. The molecule has 1 aliphatic rings. The van der Waals surface area contributed by atoms with Crippen LogP contribution in [0.5, 0.6) is 17.2 Å². The summed E-state index contributed by atoms with van der Waals surface area (Å²) in [7, 11) is 3.29. The van der Waals surface area contributed by atoms with Crippen LogP contribution < -0.4 is 19.5 Å². The van der Waals surface area contributed by atoms with E-state index < -0.39 is 0 Å². The highest BCUT2D eigenvalue weighted by molar-refractivity contribution is 6.02. The van der Waals surface area contributed by atoms with Gasteiger partial charge in [0.15, 0.2) is 0 Å². The molecule has 36 heavy (non-hydrogen) atoms. The molecule has 6 nitrogen and oxygen atoms in total. The minimum atomic E-state index is -0.0617. The average Bonchev–Trinajstić information content (AvgIpc) is 3.30. The summed E-state index contributed by atoms with van der Waals surface area (Å²) in [6.07, 6.45) is 8.04. The molecule has 1 heterocycles. The highest BCUT2D eigenvalue weighted by atomic mass is 16.5. The maximum absolute atomic E-state index is 13.0. The number of furan rings is 1. The molecule has 1 N–H and O–H groups in total. The Labute approximate surface area is 213 Å². The van der Waals surface area contributed by atoms with E-state index in [9.17, 15) is 4.79 Å². The Morgan fingerprint density at radius 2 is 1.92 bits per heavy atom. The second kappa shape index (κ2) is 11.1. The molecule has 0 spiro atoms. The summed E-state index contributed by atoms with van der Waals surface area (Å²) < 4.78 is 23.2. The molecule has 1 saturated carbocycles. The fourth-order valence-electron chi connectivity index (χ4n) is 5.20. The van der Waals surface area contributed by atoms with E-state index in [0.717, 1.165) is 68.9 Å². The minimum Gasteiger partial charge on any atom is -0.497 e. The van der Waals surface area contributed by atoms with E-state index in [1.54, 1.807) is 26.6 Å². The molecule has 0 saturated heterocycles. The van der Waals surface area contributed by atoms with Gasteiger partial charge in [-0.2, -0.15) is 0 Å². The van der Waals surface area contributed by atoms with Crippen LogP contribution in [0.2, 0.25) is 0 Å². The van der Waals surface area contributed by atoms with Gasteiger partial charge in [-0.05, 0) is 69.4 Å². The number of hydrogen-bond donors (Lipinski definition) is 1. The smallest absolute Gasteiger partial charge is 0.244 e. The van der Waals surface area contributed by atoms with Crippen molar-refractivity contribution >= 4 is 22.4 Å². The summed E-state index contributed by atoms with van der Waals surface area (Å²) in [6, 6.07) is 7.97. The number of ether oxygens (including phenoxy) is 3. The first-order valence-electron chi connectivity index (χ1n) is 12.8. The van der Waals surface area contributed by atoms with E-state index in [-0.39, 0.29) is 11.9 Å². The Morgan fingerprint density at radius 3 is 2.61 bits per heavy atom. The summed E-state index contributed by atoms with van der Waals surface area (Å²) in [4.78, 5) is 13.0. The van der Waals surface area contributed by atoms with E-state index in [1.807, 2.05) is 45.0 Å². The first-order chi connectivity index (χ1) is 17.4. The summed E-state index contributed by atoms with van der Waals surface area (Å²) >= 11 is 0. The maximum Gasteiger partial charge on any atom is 0.244 e. The molecule has 1 fully saturated rings.